The predicted octanol–water partition coefficient (Wildman–Crippen LogP) is 3.96. The van der Waals surface area contributed by atoms with E-state index in [-0.39, 0.29) is 18.3 Å². The molecule has 0 heterocycles. The zero-order chi connectivity index (χ0) is 19.8. The normalized spacial score (nSPS) is 10.3. The van der Waals surface area contributed by atoms with Crippen LogP contribution < -0.4 is 10.1 Å². The van der Waals surface area contributed by atoms with Crippen LogP contribution in [0.1, 0.15) is 27.0 Å². The molecule has 0 unspecified atom stereocenters. The lowest BCUT2D eigenvalue weighted by molar-refractivity contribution is -0.123. The van der Waals surface area contributed by atoms with Crippen LogP contribution in [0.25, 0.3) is 0 Å². The fourth-order valence-corrected chi connectivity index (χ4v) is 2.89. The average molecular weight is 373 g/mol. The number of rotatable bonds is 8. The van der Waals surface area contributed by atoms with E-state index in [2.05, 4.69) is 24.4 Å². The van der Waals surface area contributed by atoms with E-state index in [0.717, 1.165) is 6.42 Å². The highest BCUT2D eigenvalue weighted by Gasteiger charge is 2.09. The Morgan fingerprint density at radius 1 is 0.821 bits per heavy atom. The van der Waals surface area contributed by atoms with Crippen LogP contribution in [0.3, 0.4) is 0 Å². The van der Waals surface area contributed by atoms with E-state index >= 15 is 0 Å². The molecule has 0 atom stereocenters. The summed E-state index contributed by atoms with van der Waals surface area (Å²) in [7, 11) is 0. The van der Waals surface area contributed by atoms with Crippen molar-refractivity contribution in [2.24, 2.45) is 0 Å². The van der Waals surface area contributed by atoms with Gasteiger partial charge in [0.25, 0.3) is 5.91 Å². The minimum atomic E-state index is -0.168. The van der Waals surface area contributed by atoms with Crippen molar-refractivity contribution >= 4 is 11.7 Å². The summed E-state index contributed by atoms with van der Waals surface area (Å²) >= 11 is 0. The number of hydrogen-bond donors (Lipinski definition) is 1. The maximum atomic E-state index is 12.4. The van der Waals surface area contributed by atoms with E-state index in [9.17, 15) is 9.59 Å². The molecule has 0 bridgehead atoms. The minimum absolute atomic E-state index is 0.0406. The van der Waals surface area contributed by atoms with Crippen LogP contribution in [0.5, 0.6) is 5.75 Å². The Labute approximate surface area is 165 Å². The highest BCUT2D eigenvalue weighted by Crippen LogP contribution is 2.15. The monoisotopic (exact) mass is 373 g/mol. The maximum Gasteiger partial charge on any atom is 0.257 e. The highest BCUT2D eigenvalue weighted by molar-refractivity contribution is 6.08. The summed E-state index contributed by atoms with van der Waals surface area (Å²) in [4.78, 5) is 24.3. The highest BCUT2D eigenvalue weighted by atomic mass is 16.5. The van der Waals surface area contributed by atoms with Crippen molar-refractivity contribution < 1.29 is 14.3 Å². The molecule has 3 aromatic carbocycles. The van der Waals surface area contributed by atoms with Gasteiger partial charge in [0.1, 0.15) is 5.75 Å². The first kappa shape index (κ1) is 19.4. The molecule has 1 N–H and O–H groups in total. The Morgan fingerprint density at radius 2 is 1.46 bits per heavy atom. The molecule has 3 rings (SSSR count). The Bertz CT molecular complexity index is 934. The van der Waals surface area contributed by atoms with Gasteiger partial charge in [0, 0.05) is 17.7 Å². The summed E-state index contributed by atoms with van der Waals surface area (Å²) in [6.45, 7) is 2.57. The molecular formula is C24H23NO3. The zero-order valence-corrected chi connectivity index (χ0v) is 15.9. The van der Waals surface area contributed by atoms with Crippen molar-refractivity contribution in [3.8, 4) is 5.75 Å². The van der Waals surface area contributed by atoms with Crippen molar-refractivity contribution in [2.75, 3.05) is 13.2 Å². The molecule has 1 amide bonds. The van der Waals surface area contributed by atoms with Crippen LogP contribution in [-0.4, -0.2) is 24.8 Å². The predicted molar refractivity (Wildman–Crippen MR) is 110 cm³/mol. The number of aryl methyl sites for hydroxylation is 1. The Hall–Kier alpha value is -3.40. The third kappa shape index (κ3) is 5.30. The van der Waals surface area contributed by atoms with Gasteiger partial charge in [0.15, 0.2) is 12.4 Å². The molecular weight excluding hydrogens is 350 g/mol. The fourth-order valence-electron chi connectivity index (χ4n) is 2.89. The maximum absolute atomic E-state index is 12.4. The molecule has 0 aliphatic rings. The van der Waals surface area contributed by atoms with Crippen LogP contribution >= 0.6 is 0 Å². The van der Waals surface area contributed by atoms with E-state index in [1.807, 2.05) is 30.3 Å². The molecule has 3 aromatic rings. The number of nitrogens with one attached hydrogen (secondary N) is 1. The number of hydrogen-bond acceptors (Lipinski definition) is 3. The third-order valence-corrected chi connectivity index (χ3v) is 4.50. The summed E-state index contributed by atoms with van der Waals surface area (Å²) in [5, 5.41) is 2.86. The molecule has 0 aliphatic carbocycles. The van der Waals surface area contributed by atoms with Gasteiger partial charge in [-0.25, -0.2) is 0 Å². The van der Waals surface area contributed by atoms with Gasteiger partial charge in [0.2, 0.25) is 0 Å². The second-order valence-corrected chi connectivity index (χ2v) is 6.53. The van der Waals surface area contributed by atoms with Crippen molar-refractivity contribution in [1.29, 1.82) is 0 Å². The lowest BCUT2D eigenvalue weighted by atomic mass is 10.0. The third-order valence-electron chi connectivity index (χ3n) is 4.50. The number of ketones is 1. The van der Waals surface area contributed by atoms with Crippen LogP contribution in [0, 0.1) is 6.92 Å². The van der Waals surface area contributed by atoms with Gasteiger partial charge in [-0.15, -0.1) is 0 Å². The first-order valence-electron chi connectivity index (χ1n) is 9.27. The second-order valence-electron chi connectivity index (χ2n) is 6.53. The van der Waals surface area contributed by atoms with Gasteiger partial charge < -0.3 is 10.1 Å². The molecule has 0 aromatic heterocycles. The van der Waals surface area contributed by atoms with E-state index in [1.165, 1.54) is 11.1 Å². The molecule has 0 saturated heterocycles. The van der Waals surface area contributed by atoms with E-state index in [1.54, 1.807) is 36.4 Å². The van der Waals surface area contributed by atoms with Gasteiger partial charge >= 0.3 is 0 Å². The zero-order valence-electron chi connectivity index (χ0n) is 15.9. The van der Waals surface area contributed by atoms with E-state index in [0.29, 0.717) is 23.4 Å². The van der Waals surface area contributed by atoms with Crippen LogP contribution in [-0.2, 0) is 11.2 Å². The summed E-state index contributed by atoms with van der Waals surface area (Å²) in [6, 6.07) is 24.1. The molecule has 0 radical (unpaired) electrons. The minimum Gasteiger partial charge on any atom is -0.484 e. The Kier molecular flexibility index (Phi) is 6.58. The Morgan fingerprint density at radius 3 is 2.18 bits per heavy atom. The van der Waals surface area contributed by atoms with E-state index in [4.69, 9.17) is 4.74 Å². The van der Waals surface area contributed by atoms with Crippen molar-refractivity contribution in [3.05, 3.63) is 101 Å². The summed E-state index contributed by atoms with van der Waals surface area (Å²) in [5.41, 5.74) is 3.67. The molecule has 4 nitrogen and oxygen atoms in total. The number of carbonyl (C=O) groups excluding carboxylic acids is 2. The van der Waals surface area contributed by atoms with E-state index < -0.39 is 0 Å². The SMILES string of the molecule is Cc1ccccc1CCNC(=O)COc1ccc(C(=O)c2ccccc2)cc1. The first-order valence-corrected chi connectivity index (χ1v) is 9.27. The summed E-state index contributed by atoms with van der Waals surface area (Å²) in [6.07, 6.45) is 0.786. The lowest BCUT2D eigenvalue weighted by Crippen LogP contribution is -2.30. The van der Waals surface area contributed by atoms with Crippen LogP contribution in [0.15, 0.2) is 78.9 Å². The van der Waals surface area contributed by atoms with Gasteiger partial charge in [-0.2, -0.15) is 0 Å². The fraction of sp³-hybridized carbons (Fsp3) is 0.167. The van der Waals surface area contributed by atoms with Crippen LogP contribution in [0.4, 0.5) is 0 Å². The lowest BCUT2D eigenvalue weighted by Gasteiger charge is -2.09. The molecule has 4 heteroatoms. The van der Waals surface area contributed by atoms with Gasteiger partial charge in [0.05, 0.1) is 0 Å². The topological polar surface area (TPSA) is 55.4 Å². The summed E-state index contributed by atoms with van der Waals surface area (Å²) < 4.78 is 5.51. The number of ether oxygens (including phenoxy) is 1. The average Bonchev–Trinajstić information content (AvgIpc) is 2.74. The number of amides is 1. The molecule has 0 aliphatic heterocycles. The van der Waals surface area contributed by atoms with Gasteiger partial charge in [-0.1, -0.05) is 54.6 Å². The molecule has 142 valence electrons. The molecule has 28 heavy (non-hydrogen) atoms. The molecule has 0 saturated carbocycles. The second kappa shape index (κ2) is 9.51. The largest absolute Gasteiger partial charge is 0.484 e. The standard InChI is InChI=1S/C24H23NO3/c1-18-7-5-6-8-19(18)15-16-25-23(26)17-28-22-13-11-21(12-14-22)24(27)20-9-3-2-4-10-20/h2-14H,15-17H2,1H3,(H,25,26). The smallest absolute Gasteiger partial charge is 0.257 e. The quantitative estimate of drug-likeness (QED) is 0.608. The van der Waals surface area contributed by atoms with Crippen molar-refractivity contribution in [3.63, 3.8) is 0 Å². The van der Waals surface area contributed by atoms with Gasteiger partial charge in [-0.05, 0) is 48.7 Å². The van der Waals surface area contributed by atoms with Gasteiger partial charge in [-0.3, -0.25) is 9.59 Å². The summed E-state index contributed by atoms with van der Waals surface area (Å²) in [5.74, 6) is 0.345. The Balaban J connectivity index is 1.45. The first-order chi connectivity index (χ1) is 13.6. The number of benzene rings is 3. The van der Waals surface area contributed by atoms with Crippen molar-refractivity contribution in [2.45, 2.75) is 13.3 Å². The van der Waals surface area contributed by atoms with Crippen LogP contribution in [0.2, 0.25) is 0 Å². The molecule has 0 spiro atoms. The number of carbonyl (C=O) groups is 2. The molecule has 0 fully saturated rings. The van der Waals surface area contributed by atoms with Crippen molar-refractivity contribution in [1.82, 2.24) is 5.32 Å².